The Morgan fingerprint density at radius 1 is 1.03 bits per heavy atom. The van der Waals surface area contributed by atoms with Crippen molar-refractivity contribution in [3.63, 3.8) is 0 Å². The van der Waals surface area contributed by atoms with Crippen molar-refractivity contribution in [2.45, 2.75) is 82.8 Å². The third-order valence-corrected chi connectivity index (χ3v) is 7.65. The molecular weight excluding hydrogens is 424 g/mol. The number of hydrogen-bond acceptors (Lipinski definition) is 3. The van der Waals surface area contributed by atoms with Crippen LogP contribution in [0.3, 0.4) is 0 Å². The minimum absolute atomic E-state index is 0.0792. The fraction of sp³-hybridized carbons (Fsp3) is 0.556. The molecule has 1 aliphatic carbocycles. The zero-order valence-corrected chi connectivity index (χ0v) is 20.7. The molecule has 2 aromatic rings. The van der Waals surface area contributed by atoms with E-state index in [1.165, 1.54) is 42.5 Å². The van der Waals surface area contributed by atoms with Crippen LogP contribution in [0, 0.1) is 11.6 Å². The van der Waals surface area contributed by atoms with Crippen molar-refractivity contribution in [3.8, 4) is 0 Å². The van der Waals surface area contributed by atoms with Gasteiger partial charge in [-0.2, -0.15) is 0 Å². The van der Waals surface area contributed by atoms with E-state index in [2.05, 4.69) is 55.6 Å². The first-order valence-electron chi connectivity index (χ1n) is 11.7. The molecule has 32 heavy (non-hydrogen) atoms. The van der Waals surface area contributed by atoms with Crippen molar-refractivity contribution in [2.75, 3.05) is 12.8 Å². The van der Waals surface area contributed by atoms with Crippen LogP contribution in [0.2, 0.25) is 0 Å². The van der Waals surface area contributed by atoms with Crippen LogP contribution < -0.4 is 0 Å². The van der Waals surface area contributed by atoms with Crippen LogP contribution >= 0.6 is 11.9 Å². The molecular formula is C27H37F2NOS. The van der Waals surface area contributed by atoms with Crippen LogP contribution in [0.25, 0.3) is 0 Å². The van der Waals surface area contributed by atoms with Crippen molar-refractivity contribution in [2.24, 2.45) is 0 Å². The highest BCUT2D eigenvalue weighted by atomic mass is 32.2. The summed E-state index contributed by atoms with van der Waals surface area (Å²) in [4.78, 5) is 0. The smallest absolute Gasteiger partial charge is 0.126 e. The highest BCUT2D eigenvalue weighted by Gasteiger charge is 2.40. The summed E-state index contributed by atoms with van der Waals surface area (Å²) >= 11 is 1.69. The van der Waals surface area contributed by atoms with Crippen LogP contribution in [0.5, 0.6) is 0 Å². The molecule has 1 aliphatic rings. The van der Waals surface area contributed by atoms with Gasteiger partial charge in [0.25, 0.3) is 0 Å². The van der Waals surface area contributed by atoms with E-state index >= 15 is 0 Å². The molecule has 1 unspecified atom stereocenters. The number of aliphatic hydroxyl groups excluding tert-OH is 1. The second-order valence-electron chi connectivity index (χ2n) is 10.1. The van der Waals surface area contributed by atoms with Crippen molar-refractivity contribution in [3.05, 3.63) is 70.8 Å². The summed E-state index contributed by atoms with van der Waals surface area (Å²) in [6.07, 6.45) is 8.17. The first kappa shape index (κ1) is 25.2. The average molecular weight is 462 g/mol. The van der Waals surface area contributed by atoms with Gasteiger partial charge in [-0.05, 0) is 66.2 Å². The second kappa shape index (κ2) is 10.7. The summed E-state index contributed by atoms with van der Waals surface area (Å²) in [6.45, 7) is 7.25. The van der Waals surface area contributed by atoms with Gasteiger partial charge in [0.15, 0.2) is 0 Å². The maximum absolute atomic E-state index is 13.5. The summed E-state index contributed by atoms with van der Waals surface area (Å²) in [5.41, 5.74) is 3.22. The molecule has 1 fully saturated rings. The maximum atomic E-state index is 13.5. The molecule has 1 saturated carbocycles. The molecule has 1 atom stereocenters. The lowest BCUT2D eigenvalue weighted by Gasteiger charge is -2.47. The number of hydrogen-bond donors (Lipinski definition) is 1. The van der Waals surface area contributed by atoms with Gasteiger partial charge in [0.05, 0.1) is 11.6 Å². The maximum Gasteiger partial charge on any atom is 0.126 e. The standard InChI is InChI=1S/C27H37F2NOS/c1-26(2,3)21-9-8-10-22(17-21)27(13-6-5-7-14-27)30(32-4)19-25(31)12-11-20-15-23(28)18-24(29)16-20/h8-10,15-18,25,31H,5-7,11-14,19H2,1-4H3. The Balaban J connectivity index is 1.79. The fourth-order valence-electron chi connectivity index (χ4n) is 4.89. The molecule has 0 aromatic heterocycles. The largest absolute Gasteiger partial charge is 0.392 e. The van der Waals surface area contributed by atoms with Gasteiger partial charge in [0.2, 0.25) is 0 Å². The van der Waals surface area contributed by atoms with Gasteiger partial charge in [0, 0.05) is 12.6 Å². The Labute approximate surface area is 196 Å². The molecule has 5 heteroatoms. The number of nitrogens with zero attached hydrogens (tertiary/aromatic N) is 1. The van der Waals surface area contributed by atoms with E-state index in [9.17, 15) is 13.9 Å². The van der Waals surface area contributed by atoms with Crippen molar-refractivity contribution in [1.82, 2.24) is 4.31 Å². The quantitative estimate of drug-likeness (QED) is 0.428. The fourth-order valence-corrected chi connectivity index (χ4v) is 5.85. The molecule has 2 aromatic carbocycles. The third kappa shape index (κ3) is 6.12. The second-order valence-corrected chi connectivity index (χ2v) is 10.9. The van der Waals surface area contributed by atoms with Gasteiger partial charge >= 0.3 is 0 Å². The zero-order chi connectivity index (χ0) is 23.4. The number of aryl methyl sites for hydroxylation is 1. The van der Waals surface area contributed by atoms with Gasteiger partial charge < -0.3 is 5.11 Å². The lowest BCUT2D eigenvalue weighted by molar-refractivity contribution is 0.0732. The van der Waals surface area contributed by atoms with Gasteiger partial charge in [-0.3, -0.25) is 0 Å². The topological polar surface area (TPSA) is 23.5 Å². The Bertz CT molecular complexity index is 869. The third-order valence-electron chi connectivity index (χ3n) is 6.71. The number of aliphatic hydroxyl groups is 1. The van der Waals surface area contributed by atoms with E-state index in [1.807, 2.05) is 0 Å². The van der Waals surface area contributed by atoms with Gasteiger partial charge in [0.1, 0.15) is 11.6 Å². The normalized spacial score (nSPS) is 17.5. The van der Waals surface area contributed by atoms with E-state index in [1.54, 1.807) is 11.9 Å². The van der Waals surface area contributed by atoms with E-state index in [0.29, 0.717) is 24.9 Å². The molecule has 1 N–H and O–H groups in total. The molecule has 0 heterocycles. The summed E-state index contributed by atoms with van der Waals surface area (Å²) in [7, 11) is 0. The summed E-state index contributed by atoms with van der Waals surface area (Å²) in [5.74, 6) is -1.14. The molecule has 176 valence electrons. The number of rotatable bonds is 8. The Morgan fingerprint density at radius 2 is 1.69 bits per heavy atom. The van der Waals surface area contributed by atoms with Gasteiger partial charge in [-0.1, -0.05) is 76.2 Å². The molecule has 3 rings (SSSR count). The monoisotopic (exact) mass is 461 g/mol. The summed E-state index contributed by atoms with van der Waals surface area (Å²) < 4.78 is 29.4. The minimum atomic E-state index is -0.571. The molecule has 0 aliphatic heterocycles. The van der Waals surface area contributed by atoms with Gasteiger partial charge in [-0.15, -0.1) is 0 Å². The lowest BCUT2D eigenvalue weighted by Crippen LogP contribution is -2.46. The van der Waals surface area contributed by atoms with Gasteiger partial charge in [-0.25, -0.2) is 13.1 Å². The van der Waals surface area contributed by atoms with Crippen LogP contribution in [-0.4, -0.2) is 28.3 Å². The SMILES string of the molecule is CSN(CC(O)CCc1cc(F)cc(F)c1)C1(c2cccc(C(C)(C)C)c2)CCCCC1. The molecule has 0 saturated heterocycles. The summed E-state index contributed by atoms with van der Waals surface area (Å²) in [6, 6.07) is 12.6. The predicted molar refractivity (Wildman–Crippen MR) is 131 cm³/mol. The molecule has 0 spiro atoms. The average Bonchev–Trinajstić information content (AvgIpc) is 2.75. The molecule has 0 amide bonds. The minimum Gasteiger partial charge on any atom is -0.392 e. The lowest BCUT2D eigenvalue weighted by atomic mass is 9.74. The van der Waals surface area contributed by atoms with Crippen LogP contribution in [0.4, 0.5) is 8.78 Å². The molecule has 0 bridgehead atoms. The van der Waals surface area contributed by atoms with Crippen molar-refractivity contribution < 1.29 is 13.9 Å². The summed E-state index contributed by atoms with van der Waals surface area (Å²) in [5, 5.41) is 10.9. The zero-order valence-electron chi connectivity index (χ0n) is 19.8. The van der Waals surface area contributed by atoms with E-state index in [-0.39, 0.29) is 11.0 Å². The first-order valence-corrected chi connectivity index (χ1v) is 12.9. The van der Waals surface area contributed by atoms with Crippen LogP contribution in [0.15, 0.2) is 42.5 Å². The Morgan fingerprint density at radius 3 is 2.28 bits per heavy atom. The Kier molecular flexibility index (Phi) is 8.40. The first-order chi connectivity index (χ1) is 15.1. The molecule has 2 nitrogen and oxygen atoms in total. The van der Waals surface area contributed by atoms with Crippen molar-refractivity contribution in [1.29, 1.82) is 0 Å². The van der Waals surface area contributed by atoms with E-state index in [4.69, 9.17) is 0 Å². The highest BCUT2D eigenvalue weighted by molar-refractivity contribution is 7.96. The van der Waals surface area contributed by atoms with Crippen molar-refractivity contribution >= 4 is 11.9 Å². The van der Waals surface area contributed by atoms with Crippen LogP contribution in [0.1, 0.15) is 76.0 Å². The number of benzene rings is 2. The highest BCUT2D eigenvalue weighted by Crippen LogP contribution is 2.46. The Hall–Kier alpha value is -1.43. The van der Waals surface area contributed by atoms with E-state index in [0.717, 1.165) is 18.9 Å². The van der Waals surface area contributed by atoms with E-state index < -0.39 is 17.7 Å². The number of halogens is 2. The predicted octanol–water partition coefficient (Wildman–Crippen LogP) is 7.00. The molecule has 0 radical (unpaired) electrons. The van der Waals surface area contributed by atoms with Crippen LogP contribution in [-0.2, 0) is 17.4 Å².